The summed E-state index contributed by atoms with van der Waals surface area (Å²) in [7, 11) is 0. The second-order valence-electron chi connectivity index (χ2n) is 6.06. The van der Waals surface area contributed by atoms with Crippen LogP contribution in [0.3, 0.4) is 0 Å². The molecule has 1 unspecified atom stereocenters. The number of ether oxygens (including phenoxy) is 1. The van der Waals surface area contributed by atoms with Gasteiger partial charge in [-0.3, -0.25) is 9.59 Å². The molecule has 27 heavy (non-hydrogen) atoms. The predicted molar refractivity (Wildman–Crippen MR) is 109 cm³/mol. The van der Waals surface area contributed by atoms with Gasteiger partial charge in [0.15, 0.2) is 5.17 Å². The number of rotatable bonds is 5. The Balaban J connectivity index is 1.67. The summed E-state index contributed by atoms with van der Waals surface area (Å²) in [4.78, 5) is 29.0. The summed E-state index contributed by atoms with van der Waals surface area (Å²) >= 11 is 1.25. The number of aliphatic imine (C=N–C) groups is 1. The van der Waals surface area contributed by atoms with Crippen molar-refractivity contribution in [1.82, 2.24) is 5.32 Å². The van der Waals surface area contributed by atoms with Crippen molar-refractivity contribution in [2.45, 2.75) is 25.5 Å². The van der Waals surface area contributed by atoms with Crippen LogP contribution in [0, 0.1) is 6.92 Å². The maximum absolute atomic E-state index is 12.6. The van der Waals surface area contributed by atoms with E-state index in [1.165, 1.54) is 11.8 Å². The SMILES string of the molecule is CCOc1ccc(NC(=O)C2CC(=O)NC(=Nc3ccc(C)cc3)S2)cc1. The third kappa shape index (κ3) is 5.34. The van der Waals surface area contributed by atoms with Crippen molar-refractivity contribution in [2.75, 3.05) is 11.9 Å². The molecule has 0 aromatic heterocycles. The Morgan fingerprint density at radius 2 is 1.93 bits per heavy atom. The second-order valence-corrected chi connectivity index (χ2v) is 7.25. The molecule has 1 fully saturated rings. The molecule has 1 aliphatic heterocycles. The number of amides is 2. The van der Waals surface area contributed by atoms with Gasteiger partial charge in [0.25, 0.3) is 0 Å². The molecule has 2 N–H and O–H groups in total. The van der Waals surface area contributed by atoms with Crippen LogP contribution in [-0.2, 0) is 9.59 Å². The highest BCUT2D eigenvalue weighted by atomic mass is 32.2. The molecule has 6 nitrogen and oxygen atoms in total. The highest BCUT2D eigenvalue weighted by molar-refractivity contribution is 8.15. The Hall–Kier alpha value is -2.80. The number of nitrogens with one attached hydrogen (secondary N) is 2. The van der Waals surface area contributed by atoms with Crippen LogP contribution >= 0.6 is 11.8 Å². The molecule has 1 aliphatic rings. The van der Waals surface area contributed by atoms with Gasteiger partial charge in [-0.05, 0) is 50.2 Å². The molecule has 3 rings (SSSR count). The summed E-state index contributed by atoms with van der Waals surface area (Å²) < 4.78 is 5.39. The molecule has 2 aromatic rings. The summed E-state index contributed by atoms with van der Waals surface area (Å²) in [5.74, 6) is 0.302. The topological polar surface area (TPSA) is 79.8 Å². The van der Waals surface area contributed by atoms with Crippen molar-refractivity contribution in [3.8, 4) is 5.75 Å². The third-order valence-corrected chi connectivity index (χ3v) is 4.94. The van der Waals surface area contributed by atoms with E-state index in [0.717, 1.165) is 17.0 Å². The van der Waals surface area contributed by atoms with E-state index in [1.54, 1.807) is 24.3 Å². The molecule has 0 aliphatic carbocycles. The van der Waals surface area contributed by atoms with E-state index in [0.29, 0.717) is 17.5 Å². The molecular weight excluding hydrogens is 362 g/mol. The minimum Gasteiger partial charge on any atom is -0.494 e. The number of hydrogen-bond donors (Lipinski definition) is 2. The second kappa shape index (κ2) is 8.73. The van der Waals surface area contributed by atoms with Crippen LogP contribution in [0.5, 0.6) is 5.75 Å². The maximum atomic E-state index is 12.6. The van der Waals surface area contributed by atoms with Crippen molar-refractivity contribution in [1.29, 1.82) is 0 Å². The molecule has 0 radical (unpaired) electrons. The minimum absolute atomic E-state index is 0.112. The molecule has 2 aromatic carbocycles. The molecule has 0 saturated carbocycles. The first-order valence-electron chi connectivity index (χ1n) is 8.69. The predicted octanol–water partition coefficient (Wildman–Crippen LogP) is 3.64. The van der Waals surface area contributed by atoms with Crippen molar-refractivity contribution in [3.63, 3.8) is 0 Å². The van der Waals surface area contributed by atoms with Crippen molar-refractivity contribution < 1.29 is 14.3 Å². The average Bonchev–Trinajstić information content (AvgIpc) is 2.65. The lowest BCUT2D eigenvalue weighted by molar-refractivity contribution is -0.123. The smallest absolute Gasteiger partial charge is 0.238 e. The summed E-state index contributed by atoms with van der Waals surface area (Å²) in [5.41, 5.74) is 2.52. The third-order valence-electron chi connectivity index (χ3n) is 3.86. The van der Waals surface area contributed by atoms with Crippen LogP contribution < -0.4 is 15.4 Å². The zero-order valence-electron chi connectivity index (χ0n) is 15.2. The van der Waals surface area contributed by atoms with Crippen molar-refractivity contribution in [3.05, 3.63) is 54.1 Å². The number of anilines is 1. The Morgan fingerprint density at radius 1 is 1.22 bits per heavy atom. The molecule has 7 heteroatoms. The van der Waals surface area contributed by atoms with E-state index in [1.807, 2.05) is 38.1 Å². The normalized spacial score (nSPS) is 18.1. The van der Waals surface area contributed by atoms with Gasteiger partial charge in [0.1, 0.15) is 11.0 Å². The number of amidine groups is 1. The van der Waals surface area contributed by atoms with Crippen LogP contribution in [0.1, 0.15) is 18.9 Å². The molecule has 1 heterocycles. The largest absolute Gasteiger partial charge is 0.494 e. The first-order chi connectivity index (χ1) is 13.0. The van der Waals surface area contributed by atoms with E-state index in [4.69, 9.17) is 4.74 Å². The first kappa shape index (κ1) is 19.0. The maximum Gasteiger partial charge on any atom is 0.238 e. The van der Waals surface area contributed by atoms with E-state index in [2.05, 4.69) is 15.6 Å². The number of nitrogens with zero attached hydrogens (tertiary/aromatic N) is 1. The zero-order valence-corrected chi connectivity index (χ0v) is 16.0. The first-order valence-corrected chi connectivity index (χ1v) is 9.57. The van der Waals surface area contributed by atoms with Gasteiger partial charge < -0.3 is 15.4 Å². The van der Waals surface area contributed by atoms with Crippen LogP contribution in [0.25, 0.3) is 0 Å². The highest BCUT2D eigenvalue weighted by Crippen LogP contribution is 2.25. The van der Waals surface area contributed by atoms with Crippen LogP contribution in [0.4, 0.5) is 11.4 Å². The molecule has 1 atom stereocenters. The zero-order chi connectivity index (χ0) is 19.2. The fourth-order valence-corrected chi connectivity index (χ4v) is 3.51. The van der Waals surface area contributed by atoms with Gasteiger partial charge in [-0.25, -0.2) is 4.99 Å². The van der Waals surface area contributed by atoms with E-state index in [9.17, 15) is 9.59 Å². The lowest BCUT2D eigenvalue weighted by Gasteiger charge is -2.22. The van der Waals surface area contributed by atoms with E-state index in [-0.39, 0.29) is 18.2 Å². The summed E-state index contributed by atoms with van der Waals surface area (Å²) in [6, 6.07) is 14.8. The monoisotopic (exact) mass is 383 g/mol. The van der Waals surface area contributed by atoms with Crippen molar-refractivity contribution >= 4 is 40.1 Å². The summed E-state index contributed by atoms with van der Waals surface area (Å²) in [6.07, 6.45) is 0.112. The molecule has 140 valence electrons. The minimum atomic E-state index is -0.533. The molecule has 1 saturated heterocycles. The van der Waals surface area contributed by atoms with Gasteiger partial charge in [0.2, 0.25) is 11.8 Å². The quantitative estimate of drug-likeness (QED) is 0.826. The molecule has 0 spiro atoms. The van der Waals surface area contributed by atoms with Crippen LogP contribution in [0.15, 0.2) is 53.5 Å². The Kier molecular flexibility index (Phi) is 6.13. The van der Waals surface area contributed by atoms with E-state index >= 15 is 0 Å². The number of carbonyl (C=O) groups is 2. The van der Waals surface area contributed by atoms with Crippen LogP contribution in [0.2, 0.25) is 0 Å². The van der Waals surface area contributed by atoms with Gasteiger partial charge in [-0.2, -0.15) is 0 Å². The molecule has 2 amide bonds. The van der Waals surface area contributed by atoms with Gasteiger partial charge in [-0.1, -0.05) is 29.5 Å². The van der Waals surface area contributed by atoms with Gasteiger partial charge >= 0.3 is 0 Å². The Morgan fingerprint density at radius 3 is 2.59 bits per heavy atom. The standard InChI is InChI=1S/C20H21N3O3S/c1-3-26-16-10-8-14(9-11-16)21-19(25)17-12-18(24)23-20(27-17)22-15-6-4-13(2)5-7-15/h4-11,17H,3,12H2,1-2H3,(H,21,25)(H,22,23,24). The Labute approximate surface area is 162 Å². The fourth-order valence-electron chi connectivity index (χ4n) is 2.51. The number of hydrogen-bond acceptors (Lipinski definition) is 5. The molecular formula is C20H21N3O3S. The number of thioether (sulfide) groups is 1. The summed E-state index contributed by atoms with van der Waals surface area (Å²) in [5, 5.41) is 5.47. The highest BCUT2D eigenvalue weighted by Gasteiger charge is 2.30. The van der Waals surface area contributed by atoms with Gasteiger partial charge in [-0.15, -0.1) is 0 Å². The lowest BCUT2D eigenvalue weighted by atomic mass is 10.2. The van der Waals surface area contributed by atoms with Gasteiger partial charge in [0, 0.05) is 12.1 Å². The number of benzene rings is 2. The van der Waals surface area contributed by atoms with Crippen LogP contribution in [-0.4, -0.2) is 28.8 Å². The van der Waals surface area contributed by atoms with E-state index < -0.39 is 5.25 Å². The number of carbonyl (C=O) groups excluding carboxylic acids is 2. The Bertz CT molecular complexity index is 848. The van der Waals surface area contributed by atoms with Crippen molar-refractivity contribution in [2.24, 2.45) is 4.99 Å². The lowest BCUT2D eigenvalue weighted by Crippen LogP contribution is -2.41. The fraction of sp³-hybridized carbons (Fsp3) is 0.250. The summed E-state index contributed by atoms with van der Waals surface area (Å²) in [6.45, 7) is 4.49. The van der Waals surface area contributed by atoms with Gasteiger partial charge in [0.05, 0.1) is 12.3 Å². The molecule has 0 bridgehead atoms. The number of aryl methyl sites for hydroxylation is 1. The average molecular weight is 383 g/mol.